The van der Waals surface area contributed by atoms with E-state index in [9.17, 15) is 29.7 Å². The SMILES string of the molecule is O=C(O)c1ccc2cccc(NCc3c(O)c(Cl)cc4c(-c5ccccc5C(=O)O)c5ccc(=O)c(CNc6cccc7cccnc67)c-5oc34)c2n1. The second-order valence-corrected chi connectivity index (χ2v) is 12.7. The van der Waals surface area contributed by atoms with Crippen LogP contribution in [-0.2, 0) is 13.1 Å². The van der Waals surface area contributed by atoms with Gasteiger partial charge in [-0.3, -0.25) is 9.78 Å². The molecule has 3 heterocycles. The van der Waals surface area contributed by atoms with E-state index >= 15 is 0 Å². The van der Waals surface area contributed by atoms with Crippen molar-refractivity contribution in [1.82, 2.24) is 9.97 Å². The van der Waals surface area contributed by atoms with E-state index in [2.05, 4.69) is 20.6 Å². The molecule has 0 spiro atoms. The number of phenols is 1. The number of carboxylic acid groups (broad SMARTS) is 2. The van der Waals surface area contributed by atoms with Crippen LogP contribution in [0.2, 0.25) is 5.02 Å². The van der Waals surface area contributed by atoms with Crippen LogP contribution in [0.1, 0.15) is 32.0 Å². The number of nitrogens with zero attached hydrogens (tertiary/aromatic N) is 2. The molecule has 12 heteroatoms. The third-order valence-corrected chi connectivity index (χ3v) is 9.46. The Morgan fingerprint density at radius 2 is 1.43 bits per heavy atom. The van der Waals surface area contributed by atoms with Crippen LogP contribution in [0.25, 0.3) is 55.2 Å². The Kier molecular flexibility index (Phi) is 8.32. The second-order valence-electron chi connectivity index (χ2n) is 12.3. The van der Waals surface area contributed by atoms with E-state index in [1.54, 1.807) is 54.7 Å². The minimum Gasteiger partial charge on any atom is -0.506 e. The number of aromatic nitrogens is 2. The number of hydrogen-bond donors (Lipinski definition) is 5. The van der Waals surface area contributed by atoms with E-state index in [1.807, 2.05) is 30.3 Å². The van der Waals surface area contributed by atoms with E-state index in [1.165, 1.54) is 24.3 Å². The maximum absolute atomic E-state index is 13.7. The van der Waals surface area contributed by atoms with Crippen molar-refractivity contribution in [2.75, 3.05) is 10.6 Å². The topological polar surface area (TPSA) is 175 Å². The summed E-state index contributed by atoms with van der Waals surface area (Å²) in [5.41, 5.74) is 3.70. The number of aromatic hydroxyl groups is 1. The summed E-state index contributed by atoms with van der Waals surface area (Å²) >= 11 is 6.68. The molecule has 0 radical (unpaired) electrons. The van der Waals surface area contributed by atoms with Gasteiger partial charge in [0.2, 0.25) is 0 Å². The Morgan fingerprint density at radius 3 is 2.19 bits per heavy atom. The number of nitrogens with one attached hydrogen (secondary N) is 2. The monoisotopic (exact) mass is 722 g/mol. The largest absolute Gasteiger partial charge is 0.506 e. The van der Waals surface area contributed by atoms with Crippen molar-refractivity contribution in [2.45, 2.75) is 13.1 Å². The van der Waals surface area contributed by atoms with Crippen LogP contribution in [0.5, 0.6) is 5.75 Å². The van der Waals surface area contributed by atoms with Crippen molar-refractivity contribution in [1.29, 1.82) is 0 Å². The summed E-state index contributed by atoms with van der Waals surface area (Å²) in [5, 5.41) is 39.8. The molecule has 1 aliphatic heterocycles. The molecule has 0 fully saturated rings. The van der Waals surface area contributed by atoms with Crippen molar-refractivity contribution in [3.63, 3.8) is 0 Å². The van der Waals surface area contributed by atoms with E-state index in [-0.39, 0.29) is 63.0 Å². The van der Waals surface area contributed by atoms with Gasteiger partial charge in [0, 0.05) is 46.6 Å². The number of phenolic OH excluding ortho intramolecular Hbond substituents is 1. The molecule has 6 aromatic rings. The fourth-order valence-electron chi connectivity index (χ4n) is 6.68. The number of anilines is 2. The number of carbonyl (C=O) groups is 2. The van der Waals surface area contributed by atoms with Crippen molar-refractivity contribution in [3.8, 4) is 28.2 Å². The predicted molar refractivity (Wildman–Crippen MR) is 203 cm³/mol. The molecule has 11 nitrogen and oxygen atoms in total. The Balaban J connectivity index is 1.34. The zero-order chi connectivity index (χ0) is 36.8. The minimum absolute atomic E-state index is 0.00828. The number of carboxylic acids is 2. The van der Waals surface area contributed by atoms with Crippen LogP contribution in [0.4, 0.5) is 11.4 Å². The quantitative estimate of drug-likeness (QED) is 0.0902. The van der Waals surface area contributed by atoms with Crippen LogP contribution in [0.3, 0.4) is 0 Å². The highest BCUT2D eigenvalue weighted by atomic mass is 35.5. The second kappa shape index (κ2) is 13.3. The standard InChI is InChI=1S/C41H27ClN4O7/c42-29-18-26-34(23-9-1-2-10-24(23)40(49)50)25-14-16-33(47)27(19-44-30-11-3-6-21-8-5-17-43-35(21)30)38(25)53-39(26)28(37(29)48)20-45-31-12-4-7-22-13-15-32(41(51)52)46-36(22)31/h1-18,44-45,48H,19-20H2,(H,49,50)(H,51,52). The van der Waals surface area contributed by atoms with Crippen molar-refractivity contribution < 1.29 is 29.3 Å². The third kappa shape index (κ3) is 5.88. The van der Waals surface area contributed by atoms with Crippen LogP contribution < -0.4 is 16.1 Å². The first-order valence-electron chi connectivity index (χ1n) is 16.4. The maximum atomic E-state index is 13.7. The number of pyridine rings is 2. The van der Waals surface area contributed by atoms with Crippen LogP contribution in [-0.4, -0.2) is 37.2 Å². The molecule has 260 valence electrons. The summed E-state index contributed by atoms with van der Waals surface area (Å²) in [6.07, 6.45) is 1.69. The fraction of sp³-hybridized carbons (Fsp3) is 0.0488. The van der Waals surface area contributed by atoms with Crippen molar-refractivity contribution in [3.05, 3.63) is 147 Å². The van der Waals surface area contributed by atoms with Gasteiger partial charge < -0.3 is 30.4 Å². The van der Waals surface area contributed by atoms with Gasteiger partial charge >= 0.3 is 11.9 Å². The average Bonchev–Trinajstić information content (AvgIpc) is 3.17. The highest BCUT2D eigenvalue weighted by Gasteiger charge is 2.27. The molecule has 5 N–H and O–H groups in total. The zero-order valence-corrected chi connectivity index (χ0v) is 28.3. The molecule has 8 rings (SSSR count). The van der Waals surface area contributed by atoms with Gasteiger partial charge in [0.1, 0.15) is 22.8 Å². The van der Waals surface area contributed by atoms with Gasteiger partial charge in [-0.1, -0.05) is 66.2 Å². The molecular weight excluding hydrogens is 696 g/mol. The average molecular weight is 723 g/mol. The van der Waals surface area contributed by atoms with Crippen molar-refractivity contribution in [2.24, 2.45) is 0 Å². The lowest BCUT2D eigenvalue weighted by atomic mass is 9.88. The molecule has 0 bridgehead atoms. The summed E-state index contributed by atoms with van der Waals surface area (Å²) in [6.45, 7) is -0.0516. The smallest absolute Gasteiger partial charge is 0.354 e. The minimum atomic E-state index is -1.18. The molecule has 0 saturated heterocycles. The molecule has 1 aliphatic carbocycles. The summed E-state index contributed by atoms with van der Waals surface area (Å²) in [5.74, 6) is -2.46. The molecule has 2 aromatic heterocycles. The number of aromatic carboxylic acids is 2. The van der Waals surface area contributed by atoms with Gasteiger partial charge in [-0.2, -0.15) is 0 Å². The van der Waals surface area contributed by atoms with Gasteiger partial charge in [0.15, 0.2) is 5.43 Å². The van der Waals surface area contributed by atoms with E-state index in [0.717, 1.165) is 5.39 Å². The molecule has 0 unspecified atom stereocenters. The molecule has 0 saturated carbocycles. The van der Waals surface area contributed by atoms with Crippen molar-refractivity contribution >= 4 is 67.7 Å². The van der Waals surface area contributed by atoms with Gasteiger partial charge in [-0.25, -0.2) is 14.6 Å². The van der Waals surface area contributed by atoms with Gasteiger partial charge in [-0.05, 0) is 54.1 Å². The lowest BCUT2D eigenvalue weighted by Gasteiger charge is -2.21. The van der Waals surface area contributed by atoms with Gasteiger partial charge in [0.25, 0.3) is 0 Å². The first kappa shape index (κ1) is 33.2. The number of rotatable bonds is 9. The van der Waals surface area contributed by atoms with Gasteiger partial charge in [-0.15, -0.1) is 0 Å². The molecule has 53 heavy (non-hydrogen) atoms. The summed E-state index contributed by atoms with van der Waals surface area (Å²) in [7, 11) is 0. The number of hydrogen-bond acceptors (Lipinski definition) is 9. The highest BCUT2D eigenvalue weighted by Crippen LogP contribution is 2.47. The first-order chi connectivity index (χ1) is 25.7. The van der Waals surface area contributed by atoms with E-state index < -0.39 is 11.9 Å². The number of benzene rings is 5. The predicted octanol–water partition coefficient (Wildman–Crippen LogP) is 8.64. The normalized spacial score (nSPS) is 11.3. The summed E-state index contributed by atoms with van der Waals surface area (Å²) in [4.78, 5) is 46.8. The molecule has 2 aliphatic rings. The molecule has 0 atom stereocenters. The molecule has 0 amide bonds. The highest BCUT2D eigenvalue weighted by molar-refractivity contribution is 6.33. The van der Waals surface area contributed by atoms with Crippen LogP contribution >= 0.6 is 11.6 Å². The van der Waals surface area contributed by atoms with E-state index in [4.69, 9.17) is 16.0 Å². The Morgan fingerprint density at radius 1 is 0.736 bits per heavy atom. The van der Waals surface area contributed by atoms with Gasteiger partial charge in [0.05, 0.1) is 44.1 Å². The number of fused-ring (bicyclic) bond motifs is 4. The maximum Gasteiger partial charge on any atom is 0.354 e. The summed E-state index contributed by atoms with van der Waals surface area (Å²) in [6, 6.07) is 28.8. The lowest BCUT2D eigenvalue weighted by Crippen LogP contribution is -2.15. The Labute approximate surface area is 305 Å². The fourth-order valence-corrected chi connectivity index (χ4v) is 6.90. The molecule has 4 aromatic carbocycles. The third-order valence-electron chi connectivity index (χ3n) is 9.17. The van der Waals surface area contributed by atoms with Crippen LogP contribution in [0.15, 0.2) is 119 Å². The Hall–Kier alpha value is -6.98. The summed E-state index contributed by atoms with van der Waals surface area (Å²) < 4.78 is 6.64. The number of para-hydroxylation sites is 2. The zero-order valence-electron chi connectivity index (χ0n) is 27.6. The van der Waals surface area contributed by atoms with Crippen LogP contribution in [0, 0.1) is 0 Å². The lowest BCUT2D eigenvalue weighted by molar-refractivity contribution is 0.0683. The number of halogens is 1. The first-order valence-corrected chi connectivity index (χ1v) is 16.8. The Bertz CT molecular complexity index is 2810. The molecular formula is C41H27ClN4O7. The van der Waals surface area contributed by atoms with E-state index in [0.29, 0.717) is 49.9 Å².